The fraction of sp³-hybridized carbons (Fsp3) is 0.278. The van der Waals surface area contributed by atoms with Crippen LogP contribution < -0.4 is 19.5 Å². The lowest BCUT2D eigenvalue weighted by molar-refractivity contribution is -0.115. The zero-order valence-corrected chi connectivity index (χ0v) is 13.2. The summed E-state index contributed by atoms with van der Waals surface area (Å²) in [6.45, 7) is 3.05. The molecule has 1 aliphatic heterocycles. The van der Waals surface area contributed by atoms with E-state index in [0.717, 1.165) is 16.9 Å². The first kappa shape index (κ1) is 15.2. The van der Waals surface area contributed by atoms with E-state index in [4.69, 9.17) is 14.2 Å². The fourth-order valence-electron chi connectivity index (χ4n) is 2.54. The topological polar surface area (TPSA) is 56.8 Å². The predicted octanol–water partition coefficient (Wildman–Crippen LogP) is 2.96. The molecule has 0 atom stereocenters. The number of fused-ring (bicyclic) bond motifs is 1. The normalized spacial score (nSPS) is 12.6. The van der Waals surface area contributed by atoms with E-state index in [1.807, 2.05) is 43.3 Å². The van der Waals surface area contributed by atoms with Crippen molar-refractivity contribution in [2.24, 2.45) is 0 Å². The summed E-state index contributed by atoms with van der Waals surface area (Å²) >= 11 is 0. The Hall–Kier alpha value is -2.69. The molecule has 0 aromatic heterocycles. The van der Waals surface area contributed by atoms with E-state index in [1.54, 1.807) is 7.11 Å². The molecule has 0 spiro atoms. The Kier molecular flexibility index (Phi) is 4.37. The lowest BCUT2D eigenvalue weighted by Gasteiger charge is -2.20. The summed E-state index contributed by atoms with van der Waals surface area (Å²) in [5, 5.41) is 2.88. The Labute approximate surface area is 135 Å². The second kappa shape index (κ2) is 6.60. The second-order valence-electron chi connectivity index (χ2n) is 5.35. The maximum absolute atomic E-state index is 12.3. The molecule has 0 fully saturated rings. The molecule has 0 saturated heterocycles. The van der Waals surface area contributed by atoms with Crippen molar-refractivity contribution in [3.8, 4) is 17.2 Å². The third kappa shape index (κ3) is 3.39. The molecular formula is C18H19NO4. The highest BCUT2D eigenvalue weighted by molar-refractivity contribution is 5.93. The molecular weight excluding hydrogens is 294 g/mol. The number of para-hydroxylation sites is 2. The molecule has 2 aromatic carbocycles. The zero-order valence-electron chi connectivity index (χ0n) is 13.2. The van der Waals surface area contributed by atoms with Gasteiger partial charge in [0, 0.05) is 0 Å². The highest BCUT2D eigenvalue weighted by Gasteiger charge is 2.16. The summed E-state index contributed by atoms with van der Waals surface area (Å²) in [6.07, 6.45) is 0.264. The molecule has 120 valence electrons. The molecule has 0 bridgehead atoms. The van der Waals surface area contributed by atoms with Crippen molar-refractivity contribution in [3.05, 3.63) is 47.5 Å². The molecule has 1 N–H and O–H groups in total. The van der Waals surface area contributed by atoms with Crippen molar-refractivity contribution in [3.63, 3.8) is 0 Å². The van der Waals surface area contributed by atoms with Gasteiger partial charge in [-0.05, 0) is 42.3 Å². The van der Waals surface area contributed by atoms with Crippen molar-refractivity contribution in [2.75, 3.05) is 25.6 Å². The van der Waals surface area contributed by atoms with Gasteiger partial charge in [-0.25, -0.2) is 0 Å². The van der Waals surface area contributed by atoms with Crippen LogP contribution in [0.15, 0.2) is 36.4 Å². The first-order valence-corrected chi connectivity index (χ1v) is 7.49. The minimum absolute atomic E-state index is 0.103. The van der Waals surface area contributed by atoms with Crippen LogP contribution in [0.3, 0.4) is 0 Å². The van der Waals surface area contributed by atoms with Crippen LogP contribution in [0.5, 0.6) is 17.2 Å². The number of amides is 1. The van der Waals surface area contributed by atoms with Gasteiger partial charge >= 0.3 is 0 Å². The summed E-state index contributed by atoms with van der Waals surface area (Å²) in [5.74, 6) is 1.97. The quantitative estimate of drug-likeness (QED) is 0.943. The van der Waals surface area contributed by atoms with E-state index in [1.165, 1.54) is 0 Å². The van der Waals surface area contributed by atoms with Gasteiger partial charge in [0.2, 0.25) is 5.91 Å². The number of hydrogen-bond donors (Lipinski definition) is 1. The highest BCUT2D eigenvalue weighted by Crippen LogP contribution is 2.33. The largest absolute Gasteiger partial charge is 0.495 e. The zero-order chi connectivity index (χ0) is 16.2. The van der Waals surface area contributed by atoms with E-state index >= 15 is 0 Å². The van der Waals surface area contributed by atoms with Gasteiger partial charge in [0.05, 0.1) is 19.2 Å². The number of rotatable bonds is 4. The van der Waals surface area contributed by atoms with E-state index in [2.05, 4.69) is 5.32 Å². The van der Waals surface area contributed by atoms with Gasteiger partial charge in [-0.1, -0.05) is 12.1 Å². The van der Waals surface area contributed by atoms with Gasteiger partial charge in [-0.2, -0.15) is 0 Å². The second-order valence-corrected chi connectivity index (χ2v) is 5.35. The van der Waals surface area contributed by atoms with Gasteiger partial charge in [0.25, 0.3) is 0 Å². The number of carbonyl (C=O) groups is 1. The number of hydrogen-bond acceptors (Lipinski definition) is 4. The van der Waals surface area contributed by atoms with Crippen LogP contribution in [-0.2, 0) is 11.2 Å². The molecule has 0 aliphatic carbocycles. The number of benzene rings is 2. The van der Waals surface area contributed by atoms with Crippen LogP contribution in [0.1, 0.15) is 11.1 Å². The van der Waals surface area contributed by atoms with E-state index in [0.29, 0.717) is 30.4 Å². The molecule has 1 heterocycles. The van der Waals surface area contributed by atoms with Gasteiger partial charge in [-0.15, -0.1) is 0 Å². The van der Waals surface area contributed by atoms with Crippen molar-refractivity contribution in [1.29, 1.82) is 0 Å². The van der Waals surface area contributed by atoms with Gasteiger partial charge in [0.15, 0.2) is 11.5 Å². The van der Waals surface area contributed by atoms with Crippen molar-refractivity contribution >= 4 is 11.6 Å². The van der Waals surface area contributed by atoms with Gasteiger partial charge in [-0.3, -0.25) is 4.79 Å². The summed E-state index contributed by atoms with van der Waals surface area (Å²) in [5.41, 5.74) is 2.58. The molecule has 0 saturated carbocycles. The number of ether oxygens (including phenoxy) is 3. The van der Waals surface area contributed by atoms with E-state index in [9.17, 15) is 4.79 Å². The average molecular weight is 313 g/mol. The first-order valence-electron chi connectivity index (χ1n) is 7.49. The van der Waals surface area contributed by atoms with Crippen molar-refractivity contribution in [2.45, 2.75) is 13.3 Å². The fourth-order valence-corrected chi connectivity index (χ4v) is 2.54. The first-order chi connectivity index (χ1) is 11.2. The lowest BCUT2D eigenvalue weighted by Crippen LogP contribution is -2.18. The van der Waals surface area contributed by atoms with E-state index < -0.39 is 0 Å². The molecule has 3 rings (SSSR count). The minimum atomic E-state index is -0.103. The molecule has 1 amide bonds. The molecule has 23 heavy (non-hydrogen) atoms. The SMILES string of the molecule is COc1ccccc1NC(=O)Cc1cc2c(cc1C)OCCO2. The third-order valence-corrected chi connectivity index (χ3v) is 3.73. The molecule has 2 aromatic rings. The Bertz CT molecular complexity index is 727. The van der Waals surface area contributed by atoms with Crippen molar-refractivity contribution < 1.29 is 19.0 Å². The maximum atomic E-state index is 12.3. The van der Waals surface area contributed by atoms with Crippen molar-refractivity contribution in [1.82, 2.24) is 0 Å². The summed E-state index contributed by atoms with van der Waals surface area (Å²) < 4.78 is 16.4. The summed E-state index contributed by atoms with van der Waals surface area (Å²) in [4.78, 5) is 12.3. The molecule has 0 unspecified atom stereocenters. The van der Waals surface area contributed by atoms with Crippen LogP contribution in [-0.4, -0.2) is 26.2 Å². The smallest absolute Gasteiger partial charge is 0.228 e. The molecule has 0 radical (unpaired) electrons. The van der Waals surface area contributed by atoms with Crippen LogP contribution in [0.25, 0.3) is 0 Å². The highest BCUT2D eigenvalue weighted by atomic mass is 16.6. The summed E-state index contributed by atoms with van der Waals surface area (Å²) in [7, 11) is 1.58. The molecule has 5 heteroatoms. The number of nitrogens with one attached hydrogen (secondary N) is 1. The average Bonchev–Trinajstić information content (AvgIpc) is 2.56. The predicted molar refractivity (Wildman–Crippen MR) is 87.5 cm³/mol. The Morgan fingerprint density at radius 3 is 2.61 bits per heavy atom. The Morgan fingerprint density at radius 1 is 1.17 bits per heavy atom. The third-order valence-electron chi connectivity index (χ3n) is 3.73. The maximum Gasteiger partial charge on any atom is 0.228 e. The van der Waals surface area contributed by atoms with Crippen LogP contribution in [0.2, 0.25) is 0 Å². The number of methoxy groups -OCH3 is 1. The Balaban J connectivity index is 1.75. The Morgan fingerprint density at radius 2 is 1.87 bits per heavy atom. The number of carbonyl (C=O) groups excluding carboxylic acids is 1. The number of anilines is 1. The van der Waals surface area contributed by atoms with Gasteiger partial charge < -0.3 is 19.5 Å². The molecule has 1 aliphatic rings. The van der Waals surface area contributed by atoms with E-state index in [-0.39, 0.29) is 12.3 Å². The number of aryl methyl sites for hydroxylation is 1. The van der Waals surface area contributed by atoms with Crippen LogP contribution in [0, 0.1) is 6.92 Å². The van der Waals surface area contributed by atoms with Crippen LogP contribution >= 0.6 is 0 Å². The standard InChI is InChI=1S/C18H19NO4/c1-12-9-16-17(23-8-7-22-16)10-13(12)11-18(20)19-14-5-3-4-6-15(14)21-2/h3-6,9-10H,7-8,11H2,1-2H3,(H,19,20). The lowest BCUT2D eigenvalue weighted by atomic mass is 10.0. The minimum Gasteiger partial charge on any atom is -0.495 e. The monoisotopic (exact) mass is 313 g/mol. The van der Waals surface area contributed by atoms with Gasteiger partial charge in [0.1, 0.15) is 19.0 Å². The van der Waals surface area contributed by atoms with Crippen LogP contribution in [0.4, 0.5) is 5.69 Å². The summed E-state index contributed by atoms with van der Waals surface area (Å²) in [6, 6.07) is 11.1. The molecule has 5 nitrogen and oxygen atoms in total.